The second kappa shape index (κ2) is 10.3. The van der Waals surface area contributed by atoms with Gasteiger partial charge in [-0.1, -0.05) is 109 Å². The molecule has 9 aromatic rings. The molecule has 45 heavy (non-hydrogen) atoms. The largest absolute Gasteiger partial charge is 0.456 e. The number of benzene rings is 7. The van der Waals surface area contributed by atoms with Crippen molar-refractivity contribution in [1.29, 1.82) is 0 Å². The minimum Gasteiger partial charge on any atom is -0.456 e. The van der Waals surface area contributed by atoms with Crippen molar-refractivity contribution in [3.8, 4) is 22.3 Å². The minimum absolute atomic E-state index is 0.869. The van der Waals surface area contributed by atoms with E-state index in [0.717, 1.165) is 77.6 Å². The van der Waals surface area contributed by atoms with Crippen LogP contribution in [0.4, 0.5) is 17.1 Å². The first-order valence-electron chi connectivity index (χ1n) is 15.2. The molecule has 2 heterocycles. The molecule has 0 unspecified atom stereocenters. The molecule has 0 atom stereocenters. The summed E-state index contributed by atoms with van der Waals surface area (Å²) in [6, 6.07) is 57.3. The standard InChI is InChI=1S/C42H27NO2/c1-2-11-28(12-3-1)30-13-8-14-32(27-30)43(36-18-10-22-40-42(36)35-16-5-7-20-38(35)45-40)31-25-23-29(24-26-31)33-17-9-21-39-41(33)34-15-4-6-19-37(34)44-39/h1-27H. The van der Waals surface area contributed by atoms with Gasteiger partial charge < -0.3 is 13.7 Å². The molecule has 0 bridgehead atoms. The number of furan rings is 2. The summed E-state index contributed by atoms with van der Waals surface area (Å²) in [6.45, 7) is 0. The Morgan fingerprint density at radius 1 is 0.356 bits per heavy atom. The van der Waals surface area contributed by atoms with Crippen molar-refractivity contribution in [3.63, 3.8) is 0 Å². The molecule has 3 nitrogen and oxygen atoms in total. The molecule has 0 N–H and O–H groups in total. The summed E-state index contributed by atoms with van der Waals surface area (Å²) in [5, 5.41) is 4.47. The first-order valence-corrected chi connectivity index (χ1v) is 15.2. The van der Waals surface area contributed by atoms with Gasteiger partial charge in [-0.05, 0) is 76.9 Å². The average Bonchev–Trinajstić information content (AvgIpc) is 3.68. The van der Waals surface area contributed by atoms with Crippen molar-refractivity contribution in [1.82, 2.24) is 0 Å². The van der Waals surface area contributed by atoms with Crippen LogP contribution in [0.15, 0.2) is 173 Å². The van der Waals surface area contributed by atoms with E-state index in [2.05, 4.69) is 138 Å². The summed E-state index contributed by atoms with van der Waals surface area (Å²) in [6.07, 6.45) is 0. The molecule has 3 heteroatoms. The van der Waals surface area contributed by atoms with Crippen molar-refractivity contribution in [2.45, 2.75) is 0 Å². The SMILES string of the molecule is c1ccc(-c2cccc(N(c3ccc(-c4cccc5oc6ccccc6c45)cc3)c3cccc4oc5ccccc5c34)c2)cc1. The summed E-state index contributed by atoms with van der Waals surface area (Å²) in [5.74, 6) is 0. The molecule has 0 saturated heterocycles. The van der Waals surface area contributed by atoms with Crippen LogP contribution >= 0.6 is 0 Å². The number of fused-ring (bicyclic) bond motifs is 6. The molecule has 0 saturated carbocycles. The van der Waals surface area contributed by atoms with Crippen LogP contribution in [0.2, 0.25) is 0 Å². The van der Waals surface area contributed by atoms with Gasteiger partial charge in [0.1, 0.15) is 22.3 Å². The van der Waals surface area contributed by atoms with Crippen LogP contribution in [0.25, 0.3) is 66.1 Å². The van der Waals surface area contributed by atoms with E-state index in [1.165, 1.54) is 5.56 Å². The van der Waals surface area contributed by atoms with Gasteiger partial charge in [-0.15, -0.1) is 0 Å². The molecule has 0 radical (unpaired) electrons. The lowest BCUT2D eigenvalue weighted by atomic mass is 9.98. The van der Waals surface area contributed by atoms with E-state index in [0.29, 0.717) is 0 Å². The smallest absolute Gasteiger partial charge is 0.137 e. The Labute approximate surface area is 260 Å². The van der Waals surface area contributed by atoms with E-state index >= 15 is 0 Å². The lowest BCUT2D eigenvalue weighted by Crippen LogP contribution is -2.10. The van der Waals surface area contributed by atoms with Gasteiger partial charge in [-0.25, -0.2) is 0 Å². The lowest BCUT2D eigenvalue weighted by Gasteiger charge is -2.27. The number of rotatable bonds is 5. The Hall–Kier alpha value is -6.06. The number of para-hydroxylation sites is 2. The Kier molecular flexibility index (Phi) is 5.82. The summed E-state index contributed by atoms with van der Waals surface area (Å²) in [4.78, 5) is 2.34. The Bertz CT molecular complexity index is 2490. The van der Waals surface area contributed by atoms with Gasteiger partial charge in [0.2, 0.25) is 0 Å². The summed E-state index contributed by atoms with van der Waals surface area (Å²) < 4.78 is 12.5. The molecule has 0 amide bonds. The van der Waals surface area contributed by atoms with Gasteiger partial charge in [-0.3, -0.25) is 0 Å². The molecule has 7 aromatic carbocycles. The monoisotopic (exact) mass is 577 g/mol. The summed E-state index contributed by atoms with van der Waals surface area (Å²) in [5.41, 5.74) is 11.4. The quantitative estimate of drug-likeness (QED) is 0.204. The van der Waals surface area contributed by atoms with Crippen LogP contribution < -0.4 is 4.90 Å². The predicted molar refractivity (Wildman–Crippen MR) is 187 cm³/mol. The number of nitrogens with zero attached hydrogens (tertiary/aromatic N) is 1. The third-order valence-corrected chi connectivity index (χ3v) is 8.67. The van der Waals surface area contributed by atoms with E-state index in [1.807, 2.05) is 30.3 Å². The van der Waals surface area contributed by atoms with E-state index in [1.54, 1.807) is 0 Å². The van der Waals surface area contributed by atoms with Gasteiger partial charge >= 0.3 is 0 Å². The van der Waals surface area contributed by atoms with Gasteiger partial charge in [0.15, 0.2) is 0 Å². The molecule has 9 rings (SSSR count). The molecule has 2 aromatic heterocycles. The number of hydrogen-bond acceptors (Lipinski definition) is 3. The van der Waals surface area contributed by atoms with Crippen molar-refractivity contribution in [2.24, 2.45) is 0 Å². The zero-order valence-electron chi connectivity index (χ0n) is 24.4. The van der Waals surface area contributed by atoms with Gasteiger partial charge in [0.05, 0.1) is 11.1 Å². The van der Waals surface area contributed by atoms with Crippen LogP contribution in [0, 0.1) is 0 Å². The molecular formula is C42H27NO2. The minimum atomic E-state index is 0.869. The first kappa shape index (κ1) is 25.4. The molecular weight excluding hydrogens is 550 g/mol. The van der Waals surface area contributed by atoms with Crippen LogP contribution in [0.5, 0.6) is 0 Å². The van der Waals surface area contributed by atoms with Crippen LogP contribution in [0.3, 0.4) is 0 Å². The summed E-state index contributed by atoms with van der Waals surface area (Å²) in [7, 11) is 0. The van der Waals surface area contributed by atoms with Crippen molar-refractivity contribution >= 4 is 60.9 Å². The third-order valence-electron chi connectivity index (χ3n) is 8.67. The maximum atomic E-state index is 6.32. The van der Waals surface area contributed by atoms with Crippen LogP contribution in [-0.2, 0) is 0 Å². The lowest BCUT2D eigenvalue weighted by molar-refractivity contribution is 0.668. The van der Waals surface area contributed by atoms with E-state index in [4.69, 9.17) is 8.83 Å². The highest BCUT2D eigenvalue weighted by molar-refractivity contribution is 6.14. The summed E-state index contributed by atoms with van der Waals surface area (Å²) >= 11 is 0. The molecule has 0 aliphatic carbocycles. The third kappa shape index (κ3) is 4.21. The van der Waals surface area contributed by atoms with E-state index in [9.17, 15) is 0 Å². The molecule has 0 spiro atoms. The normalized spacial score (nSPS) is 11.6. The van der Waals surface area contributed by atoms with Crippen LogP contribution in [-0.4, -0.2) is 0 Å². The van der Waals surface area contributed by atoms with E-state index in [-0.39, 0.29) is 0 Å². The maximum absolute atomic E-state index is 6.32. The molecule has 0 aliphatic heterocycles. The molecule has 0 fully saturated rings. The fourth-order valence-electron chi connectivity index (χ4n) is 6.63. The fraction of sp³-hybridized carbons (Fsp3) is 0. The zero-order chi connectivity index (χ0) is 29.7. The second-order valence-electron chi connectivity index (χ2n) is 11.3. The van der Waals surface area contributed by atoms with Gasteiger partial charge in [-0.2, -0.15) is 0 Å². The Balaban J connectivity index is 1.24. The van der Waals surface area contributed by atoms with Gasteiger partial charge in [0, 0.05) is 27.5 Å². The number of hydrogen-bond donors (Lipinski definition) is 0. The molecule has 0 aliphatic rings. The van der Waals surface area contributed by atoms with Gasteiger partial charge in [0.25, 0.3) is 0 Å². The molecule has 212 valence electrons. The fourth-order valence-corrected chi connectivity index (χ4v) is 6.63. The highest BCUT2D eigenvalue weighted by Gasteiger charge is 2.20. The Morgan fingerprint density at radius 3 is 1.69 bits per heavy atom. The zero-order valence-corrected chi connectivity index (χ0v) is 24.4. The topological polar surface area (TPSA) is 29.5 Å². The maximum Gasteiger partial charge on any atom is 0.137 e. The highest BCUT2D eigenvalue weighted by Crippen LogP contribution is 2.44. The van der Waals surface area contributed by atoms with Crippen molar-refractivity contribution in [2.75, 3.05) is 4.90 Å². The second-order valence-corrected chi connectivity index (χ2v) is 11.3. The Morgan fingerprint density at radius 2 is 0.933 bits per heavy atom. The first-order chi connectivity index (χ1) is 22.3. The van der Waals surface area contributed by atoms with E-state index < -0.39 is 0 Å². The predicted octanol–water partition coefficient (Wildman–Crippen LogP) is 12.3. The van der Waals surface area contributed by atoms with Crippen molar-refractivity contribution < 1.29 is 8.83 Å². The van der Waals surface area contributed by atoms with Crippen LogP contribution in [0.1, 0.15) is 0 Å². The highest BCUT2D eigenvalue weighted by atomic mass is 16.3. The number of anilines is 3. The average molecular weight is 578 g/mol. The van der Waals surface area contributed by atoms with Crippen molar-refractivity contribution in [3.05, 3.63) is 164 Å².